The first-order chi connectivity index (χ1) is 6.77. The van der Waals surface area contributed by atoms with Gasteiger partial charge in [-0.25, -0.2) is 0 Å². The summed E-state index contributed by atoms with van der Waals surface area (Å²) >= 11 is 0. The van der Waals surface area contributed by atoms with Crippen molar-refractivity contribution in [2.45, 2.75) is 45.1 Å². The molecule has 1 aliphatic rings. The Bertz CT molecular complexity index is 284. The third kappa shape index (κ3) is 2.01. The summed E-state index contributed by atoms with van der Waals surface area (Å²) in [5, 5.41) is 9.99. The highest BCUT2D eigenvalue weighted by Gasteiger charge is 2.21. The third-order valence-corrected chi connectivity index (χ3v) is 3.29. The van der Waals surface area contributed by atoms with Gasteiger partial charge >= 0.3 is 0 Å². The number of aryl methyl sites for hydroxylation is 1. The Kier molecular flexibility index (Phi) is 2.92. The van der Waals surface area contributed by atoms with Gasteiger partial charge in [0.15, 0.2) is 0 Å². The Balaban J connectivity index is 1.95. The van der Waals surface area contributed by atoms with Gasteiger partial charge < -0.3 is 9.52 Å². The molecule has 78 valence electrons. The first-order valence-corrected chi connectivity index (χ1v) is 5.48. The average molecular weight is 194 g/mol. The van der Waals surface area contributed by atoms with Gasteiger partial charge in [0, 0.05) is 5.56 Å². The number of furan rings is 1. The second-order valence-electron chi connectivity index (χ2n) is 4.41. The summed E-state index contributed by atoms with van der Waals surface area (Å²) in [6.45, 7) is 1.98. The summed E-state index contributed by atoms with van der Waals surface area (Å²) in [7, 11) is 0. The fourth-order valence-corrected chi connectivity index (χ4v) is 2.40. The Morgan fingerprint density at radius 1 is 1.43 bits per heavy atom. The van der Waals surface area contributed by atoms with E-state index in [2.05, 4.69) is 0 Å². The number of aliphatic hydroxyl groups is 1. The number of hydrogen-bond donors (Lipinski definition) is 1. The van der Waals surface area contributed by atoms with Crippen molar-refractivity contribution in [1.82, 2.24) is 0 Å². The second-order valence-corrected chi connectivity index (χ2v) is 4.41. The van der Waals surface area contributed by atoms with Gasteiger partial charge in [0.05, 0.1) is 18.6 Å². The Labute approximate surface area is 84.9 Å². The molecular formula is C12H18O2. The lowest BCUT2D eigenvalue weighted by atomic mass is 9.96. The van der Waals surface area contributed by atoms with E-state index in [9.17, 15) is 5.11 Å². The van der Waals surface area contributed by atoms with E-state index < -0.39 is 0 Å². The maximum Gasteiger partial charge on any atom is 0.0963 e. The van der Waals surface area contributed by atoms with E-state index in [1.807, 2.05) is 6.92 Å². The maximum absolute atomic E-state index is 9.99. The normalized spacial score (nSPS) is 20.1. The van der Waals surface area contributed by atoms with Crippen molar-refractivity contribution in [3.8, 4) is 0 Å². The van der Waals surface area contributed by atoms with E-state index in [1.165, 1.54) is 25.7 Å². The van der Waals surface area contributed by atoms with Crippen LogP contribution in [-0.2, 0) is 0 Å². The number of aliphatic hydroxyl groups excluding tert-OH is 1. The molecule has 1 heterocycles. The van der Waals surface area contributed by atoms with Crippen molar-refractivity contribution >= 4 is 0 Å². The molecule has 1 aliphatic carbocycles. The standard InChI is InChI=1S/C12H18O2/c1-9-7-14-8-11(9)12(13)6-10-4-2-3-5-10/h7-8,10,12-13H,2-6H2,1H3. The molecule has 1 aromatic rings. The molecule has 14 heavy (non-hydrogen) atoms. The van der Waals surface area contributed by atoms with Crippen molar-refractivity contribution in [3.63, 3.8) is 0 Å². The molecule has 0 aliphatic heterocycles. The van der Waals surface area contributed by atoms with Crippen LogP contribution >= 0.6 is 0 Å². The first kappa shape index (κ1) is 9.78. The average Bonchev–Trinajstić information content (AvgIpc) is 2.75. The van der Waals surface area contributed by atoms with Gasteiger partial charge in [0.2, 0.25) is 0 Å². The highest BCUT2D eigenvalue weighted by molar-refractivity contribution is 5.21. The third-order valence-electron chi connectivity index (χ3n) is 3.29. The molecule has 0 saturated heterocycles. The van der Waals surface area contributed by atoms with Gasteiger partial charge in [0.25, 0.3) is 0 Å². The number of hydrogen-bond acceptors (Lipinski definition) is 2. The summed E-state index contributed by atoms with van der Waals surface area (Å²) in [6, 6.07) is 0. The highest BCUT2D eigenvalue weighted by Crippen LogP contribution is 2.33. The fourth-order valence-electron chi connectivity index (χ4n) is 2.40. The van der Waals surface area contributed by atoms with Gasteiger partial charge in [-0.3, -0.25) is 0 Å². The topological polar surface area (TPSA) is 33.4 Å². The van der Waals surface area contributed by atoms with E-state index in [4.69, 9.17) is 4.42 Å². The van der Waals surface area contributed by atoms with Crippen molar-refractivity contribution in [1.29, 1.82) is 0 Å². The Hall–Kier alpha value is -0.760. The molecule has 1 N–H and O–H groups in total. The fraction of sp³-hybridized carbons (Fsp3) is 0.667. The van der Waals surface area contributed by atoms with Crippen LogP contribution in [0.25, 0.3) is 0 Å². The van der Waals surface area contributed by atoms with Crippen LogP contribution < -0.4 is 0 Å². The van der Waals surface area contributed by atoms with Gasteiger partial charge in [-0.1, -0.05) is 25.7 Å². The minimum Gasteiger partial charge on any atom is -0.472 e. The van der Waals surface area contributed by atoms with Crippen LogP contribution in [0.1, 0.15) is 49.3 Å². The van der Waals surface area contributed by atoms with Crippen LogP contribution in [-0.4, -0.2) is 5.11 Å². The van der Waals surface area contributed by atoms with E-state index >= 15 is 0 Å². The predicted molar refractivity (Wildman–Crippen MR) is 55.0 cm³/mol. The van der Waals surface area contributed by atoms with Gasteiger partial charge in [0.1, 0.15) is 0 Å². The highest BCUT2D eigenvalue weighted by atomic mass is 16.3. The molecule has 1 atom stereocenters. The molecule has 1 fully saturated rings. The monoisotopic (exact) mass is 194 g/mol. The molecule has 1 unspecified atom stereocenters. The van der Waals surface area contributed by atoms with E-state index in [0.717, 1.165) is 23.5 Å². The molecule has 0 amide bonds. The van der Waals surface area contributed by atoms with Crippen molar-refractivity contribution in [3.05, 3.63) is 23.7 Å². The minimum atomic E-state index is -0.322. The lowest BCUT2D eigenvalue weighted by Gasteiger charge is -2.14. The summed E-state index contributed by atoms with van der Waals surface area (Å²) in [6.07, 6.45) is 9.20. The van der Waals surface area contributed by atoms with E-state index in [1.54, 1.807) is 12.5 Å². The van der Waals surface area contributed by atoms with Crippen LogP contribution in [0.5, 0.6) is 0 Å². The zero-order chi connectivity index (χ0) is 9.97. The van der Waals surface area contributed by atoms with Gasteiger partial charge in [-0.2, -0.15) is 0 Å². The van der Waals surface area contributed by atoms with Crippen LogP contribution in [0, 0.1) is 12.8 Å². The molecule has 2 rings (SSSR count). The molecule has 2 nitrogen and oxygen atoms in total. The van der Waals surface area contributed by atoms with E-state index in [0.29, 0.717) is 0 Å². The SMILES string of the molecule is Cc1cocc1C(O)CC1CCCC1. The zero-order valence-corrected chi connectivity index (χ0v) is 8.70. The molecule has 0 spiro atoms. The molecule has 2 heteroatoms. The second kappa shape index (κ2) is 4.18. The molecule has 0 aromatic carbocycles. The van der Waals surface area contributed by atoms with Gasteiger partial charge in [-0.15, -0.1) is 0 Å². The lowest BCUT2D eigenvalue weighted by molar-refractivity contribution is 0.143. The Morgan fingerprint density at radius 3 is 2.71 bits per heavy atom. The largest absolute Gasteiger partial charge is 0.472 e. The summed E-state index contributed by atoms with van der Waals surface area (Å²) < 4.78 is 5.07. The van der Waals surface area contributed by atoms with Gasteiger partial charge in [-0.05, 0) is 24.8 Å². The molecular weight excluding hydrogens is 176 g/mol. The van der Waals surface area contributed by atoms with Crippen LogP contribution in [0.3, 0.4) is 0 Å². The first-order valence-electron chi connectivity index (χ1n) is 5.48. The smallest absolute Gasteiger partial charge is 0.0963 e. The van der Waals surface area contributed by atoms with Crippen molar-refractivity contribution in [2.75, 3.05) is 0 Å². The minimum absolute atomic E-state index is 0.322. The molecule has 0 radical (unpaired) electrons. The molecule has 1 aromatic heterocycles. The summed E-state index contributed by atoms with van der Waals surface area (Å²) in [4.78, 5) is 0. The van der Waals surface area contributed by atoms with Crippen molar-refractivity contribution in [2.24, 2.45) is 5.92 Å². The van der Waals surface area contributed by atoms with Crippen LogP contribution in [0.2, 0.25) is 0 Å². The number of rotatable bonds is 3. The van der Waals surface area contributed by atoms with Crippen LogP contribution in [0.15, 0.2) is 16.9 Å². The molecule has 0 bridgehead atoms. The summed E-state index contributed by atoms with van der Waals surface area (Å²) in [5.74, 6) is 0.722. The quantitative estimate of drug-likeness (QED) is 0.801. The van der Waals surface area contributed by atoms with Crippen molar-refractivity contribution < 1.29 is 9.52 Å². The predicted octanol–water partition coefficient (Wildman–Crippen LogP) is 3.20. The summed E-state index contributed by atoms with van der Waals surface area (Å²) in [5.41, 5.74) is 2.03. The lowest BCUT2D eigenvalue weighted by Crippen LogP contribution is -2.04. The zero-order valence-electron chi connectivity index (χ0n) is 8.70. The van der Waals surface area contributed by atoms with E-state index in [-0.39, 0.29) is 6.10 Å². The molecule has 1 saturated carbocycles. The Morgan fingerprint density at radius 2 is 2.14 bits per heavy atom. The van der Waals surface area contributed by atoms with Crippen LogP contribution in [0.4, 0.5) is 0 Å². The maximum atomic E-state index is 9.99.